The molecule has 0 amide bonds. The molecule has 0 aliphatic heterocycles. The van der Waals surface area contributed by atoms with Crippen molar-refractivity contribution in [3.8, 4) is 0 Å². The van der Waals surface area contributed by atoms with Crippen molar-refractivity contribution in [2.24, 2.45) is 0 Å². The minimum Gasteiger partial charge on any atom is -0.481 e. The first kappa shape index (κ1) is 30.8. The van der Waals surface area contributed by atoms with Crippen molar-refractivity contribution in [3.05, 3.63) is 12.7 Å². The molecule has 0 atom stereocenters. The number of carboxylic acid groups (broad SMARTS) is 5. The van der Waals surface area contributed by atoms with E-state index in [-0.39, 0.29) is 0 Å². The number of hydrogen-bond acceptors (Lipinski definition) is 5. The highest BCUT2D eigenvalue weighted by Gasteiger charge is 1.73. The number of carboxylic acids is 5. The summed E-state index contributed by atoms with van der Waals surface area (Å²) in [6, 6.07) is 0. The Kier molecular flexibility index (Phi) is 37.9. The van der Waals surface area contributed by atoms with E-state index in [0.717, 1.165) is 33.8 Å². The highest BCUT2D eigenvalue weighted by molar-refractivity contribution is 5.78. The molecule has 0 saturated carbocycles. The molecule has 0 aromatic rings. The summed E-state index contributed by atoms with van der Waals surface area (Å²) in [5.74, 6) is -4.31. The van der Waals surface area contributed by atoms with E-state index in [4.69, 9.17) is 44.7 Å². The summed E-state index contributed by atoms with van der Waals surface area (Å²) in [6.07, 6.45) is 0.833. The van der Waals surface area contributed by atoms with Gasteiger partial charge in [0.05, 0.1) is 0 Å². The van der Waals surface area contributed by atoms with Crippen LogP contribution in [0.1, 0.15) is 27.7 Å². The molecule has 0 radical (unpaired) electrons. The largest absolute Gasteiger partial charge is 0.481 e. The molecule has 0 spiro atoms. The maximum atomic E-state index is 9.25. The first-order chi connectivity index (χ1) is 9.20. The highest BCUT2D eigenvalue weighted by atomic mass is 16.4. The summed E-state index contributed by atoms with van der Waals surface area (Å²) in [4.78, 5) is 45.2. The zero-order chi connectivity index (χ0) is 18.6. The summed E-state index contributed by atoms with van der Waals surface area (Å²) in [7, 11) is 0. The minimum atomic E-state index is -0.981. The number of carbonyl (C=O) groups is 5. The maximum absolute atomic E-state index is 9.25. The van der Waals surface area contributed by atoms with Crippen LogP contribution in [0.4, 0.5) is 0 Å². The Morgan fingerprint density at radius 2 is 0.667 bits per heavy atom. The molecular weight excluding hydrogens is 292 g/mol. The van der Waals surface area contributed by atoms with E-state index in [1.54, 1.807) is 0 Å². The standard InChI is InChI=1S/C3H4O2.4C2H4O2/c1-2-3(4)5;4*1-2(3)4/h2H,1H2,(H,4,5);4*1H3,(H,3,4). The third-order valence-corrected chi connectivity index (χ3v) is 0.175. The molecule has 0 bridgehead atoms. The predicted molar refractivity (Wildman–Crippen MR) is 71.1 cm³/mol. The second kappa shape index (κ2) is 25.8. The summed E-state index contributed by atoms with van der Waals surface area (Å²) < 4.78 is 0. The van der Waals surface area contributed by atoms with E-state index in [0.29, 0.717) is 0 Å². The van der Waals surface area contributed by atoms with Crippen molar-refractivity contribution >= 4 is 29.8 Å². The van der Waals surface area contributed by atoms with Gasteiger partial charge in [-0.05, 0) is 0 Å². The van der Waals surface area contributed by atoms with Gasteiger partial charge in [0.15, 0.2) is 0 Å². The second-order valence-electron chi connectivity index (χ2n) is 2.62. The lowest BCUT2D eigenvalue weighted by Gasteiger charge is -1.64. The molecule has 124 valence electrons. The minimum absolute atomic E-state index is 0.833. The topological polar surface area (TPSA) is 186 Å². The fourth-order valence-corrected chi connectivity index (χ4v) is 0. The van der Waals surface area contributed by atoms with Crippen molar-refractivity contribution in [3.63, 3.8) is 0 Å². The predicted octanol–water partition coefficient (Wildman–Crippen LogP) is 0.621. The van der Waals surface area contributed by atoms with Crippen molar-refractivity contribution in [1.29, 1.82) is 0 Å². The Hall–Kier alpha value is -2.91. The fourth-order valence-electron chi connectivity index (χ4n) is 0. The quantitative estimate of drug-likeness (QED) is 0.429. The Balaban J connectivity index is -0.0000000510. The fraction of sp³-hybridized carbons (Fsp3) is 0.364. The number of rotatable bonds is 1. The van der Waals surface area contributed by atoms with Gasteiger partial charge in [-0.1, -0.05) is 6.58 Å². The molecule has 5 N–H and O–H groups in total. The normalized spacial score (nSPS) is 6.29. The van der Waals surface area contributed by atoms with Gasteiger partial charge in [-0.3, -0.25) is 19.2 Å². The molecule has 0 unspecified atom stereocenters. The Morgan fingerprint density at radius 3 is 0.667 bits per heavy atom. The molecule has 0 aliphatic carbocycles. The smallest absolute Gasteiger partial charge is 0.327 e. The van der Waals surface area contributed by atoms with Crippen LogP contribution in [0.5, 0.6) is 0 Å². The zero-order valence-electron chi connectivity index (χ0n) is 12.1. The van der Waals surface area contributed by atoms with Crippen LogP contribution in [0.15, 0.2) is 12.7 Å². The van der Waals surface area contributed by atoms with Gasteiger partial charge in [0.25, 0.3) is 23.9 Å². The molecule has 21 heavy (non-hydrogen) atoms. The SMILES string of the molecule is C=CC(=O)O.CC(=O)O.CC(=O)O.CC(=O)O.CC(=O)O. The van der Waals surface area contributed by atoms with Gasteiger partial charge >= 0.3 is 5.97 Å². The van der Waals surface area contributed by atoms with Crippen LogP contribution in [0.25, 0.3) is 0 Å². The van der Waals surface area contributed by atoms with Gasteiger partial charge < -0.3 is 25.5 Å². The van der Waals surface area contributed by atoms with Crippen molar-refractivity contribution in [2.75, 3.05) is 0 Å². The van der Waals surface area contributed by atoms with Gasteiger partial charge in [0.2, 0.25) is 0 Å². The van der Waals surface area contributed by atoms with Crippen LogP contribution < -0.4 is 0 Å². The van der Waals surface area contributed by atoms with Crippen LogP contribution in [0.3, 0.4) is 0 Å². The van der Waals surface area contributed by atoms with Gasteiger partial charge in [-0.25, -0.2) is 4.79 Å². The van der Waals surface area contributed by atoms with Crippen LogP contribution >= 0.6 is 0 Å². The number of hydrogen-bond donors (Lipinski definition) is 5. The lowest BCUT2D eigenvalue weighted by Crippen LogP contribution is -1.82. The Morgan fingerprint density at radius 1 is 0.619 bits per heavy atom. The second-order valence-corrected chi connectivity index (χ2v) is 2.62. The van der Waals surface area contributed by atoms with E-state index < -0.39 is 29.8 Å². The monoisotopic (exact) mass is 312 g/mol. The third-order valence-electron chi connectivity index (χ3n) is 0.175. The summed E-state index contributed by atoms with van der Waals surface area (Å²) in [6.45, 7) is 7.29. The van der Waals surface area contributed by atoms with Crippen molar-refractivity contribution in [1.82, 2.24) is 0 Å². The molecule has 10 nitrogen and oxygen atoms in total. The lowest BCUT2D eigenvalue weighted by atomic mass is 10.7. The summed E-state index contributed by atoms with van der Waals surface area (Å²) in [5, 5.41) is 37.3. The van der Waals surface area contributed by atoms with Gasteiger partial charge in [0, 0.05) is 33.8 Å². The van der Waals surface area contributed by atoms with E-state index in [2.05, 4.69) is 6.58 Å². The van der Waals surface area contributed by atoms with Crippen LogP contribution in [0.2, 0.25) is 0 Å². The zero-order valence-corrected chi connectivity index (χ0v) is 12.1. The molecule has 0 aromatic carbocycles. The Bertz CT molecular complexity index is 268. The van der Waals surface area contributed by atoms with Gasteiger partial charge in [0.1, 0.15) is 0 Å². The molecule has 10 heteroatoms. The molecular formula is C11H20O10. The molecule has 0 saturated heterocycles. The maximum Gasteiger partial charge on any atom is 0.327 e. The van der Waals surface area contributed by atoms with E-state index in [1.165, 1.54) is 0 Å². The number of aliphatic carboxylic acids is 5. The first-order valence-electron chi connectivity index (χ1n) is 4.84. The highest BCUT2D eigenvalue weighted by Crippen LogP contribution is 1.54. The first-order valence-corrected chi connectivity index (χ1v) is 4.84. The Labute approximate surface area is 121 Å². The third kappa shape index (κ3) is 4700. The average Bonchev–Trinajstić information content (AvgIpc) is 2.13. The van der Waals surface area contributed by atoms with Gasteiger partial charge in [-0.15, -0.1) is 0 Å². The van der Waals surface area contributed by atoms with Crippen LogP contribution in [0, 0.1) is 0 Å². The summed E-state index contributed by atoms with van der Waals surface area (Å²) >= 11 is 0. The molecule has 0 fully saturated rings. The lowest BCUT2D eigenvalue weighted by molar-refractivity contribution is -0.135. The molecule has 0 heterocycles. The molecule has 0 rings (SSSR count). The summed E-state index contributed by atoms with van der Waals surface area (Å²) in [5.41, 5.74) is 0. The molecule has 0 aliphatic rings. The average molecular weight is 312 g/mol. The van der Waals surface area contributed by atoms with E-state index >= 15 is 0 Å². The van der Waals surface area contributed by atoms with Crippen molar-refractivity contribution < 1.29 is 49.5 Å². The van der Waals surface area contributed by atoms with Gasteiger partial charge in [-0.2, -0.15) is 0 Å². The molecule has 0 aromatic heterocycles. The van der Waals surface area contributed by atoms with Crippen LogP contribution in [-0.4, -0.2) is 55.4 Å². The van der Waals surface area contributed by atoms with E-state index in [1.807, 2.05) is 0 Å². The van der Waals surface area contributed by atoms with E-state index in [9.17, 15) is 4.79 Å². The van der Waals surface area contributed by atoms with Crippen LogP contribution in [-0.2, 0) is 24.0 Å². The van der Waals surface area contributed by atoms with Crippen molar-refractivity contribution in [2.45, 2.75) is 27.7 Å².